The first kappa shape index (κ1) is 17.3. The summed E-state index contributed by atoms with van der Waals surface area (Å²) < 4.78 is 25.4. The number of alkyl carbamates (subject to hydrolysis) is 1. The van der Waals surface area contributed by atoms with Crippen LogP contribution < -0.4 is 20.7 Å². The lowest BCUT2D eigenvalue weighted by Crippen LogP contribution is -2.38. The predicted molar refractivity (Wildman–Crippen MR) is 95.5 cm³/mol. The Morgan fingerprint density at radius 2 is 2.30 bits per heavy atom. The summed E-state index contributed by atoms with van der Waals surface area (Å²) in [6, 6.07) is 4.31. The standard InChI is InChI=1S/C18H19FN4O4/c1-9(2)26-13-6-11-10(5-12(13)15(20)24)3-4-21-16(11)23-7-14-18(19,8-23)27-17(25)22-14/h3-6,9,14H,7-8H2,1-2H3,(H2,20,24)(H,22,25)/t14-,18+/m1/s1. The maximum Gasteiger partial charge on any atom is 0.410 e. The number of anilines is 1. The number of rotatable bonds is 4. The molecule has 1 aromatic heterocycles. The number of hydrogen-bond donors (Lipinski definition) is 2. The van der Waals surface area contributed by atoms with Gasteiger partial charge < -0.3 is 25.4 Å². The normalized spacial score (nSPS) is 24.1. The van der Waals surface area contributed by atoms with Crippen molar-refractivity contribution in [1.29, 1.82) is 0 Å². The van der Waals surface area contributed by atoms with Crippen LogP contribution in [0.2, 0.25) is 0 Å². The zero-order chi connectivity index (χ0) is 19.3. The molecule has 0 radical (unpaired) electrons. The van der Waals surface area contributed by atoms with Gasteiger partial charge in [0.2, 0.25) is 0 Å². The quantitative estimate of drug-likeness (QED) is 0.844. The molecule has 2 fully saturated rings. The molecule has 0 bridgehead atoms. The van der Waals surface area contributed by atoms with Crippen LogP contribution in [0.3, 0.4) is 0 Å². The van der Waals surface area contributed by atoms with Crippen molar-refractivity contribution in [3.05, 3.63) is 30.0 Å². The number of aromatic nitrogens is 1. The summed E-state index contributed by atoms with van der Waals surface area (Å²) >= 11 is 0. The fourth-order valence-electron chi connectivity index (χ4n) is 3.52. The van der Waals surface area contributed by atoms with Crippen LogP contribution in [0, 0.1) is 0 Å². The van der Waals surface area contributed by atoms with Gasteiger partial charge >= 0.3 is 6.09 Å². The second-order valence-electron chi connectivity index (χ2n) is 6.99. The lowest BCUT2D eigenvalue weighted by Gasteiger charge is -2.21. The van der Waals surface area contributed by atoms with Crippen molar-refractivity contribution in [2.75, 3.05) is 18.0 Å². The van der Waals surface area contributed by atoms with E-state index in [1.165, 1.54) is 0 Å². The van der Waals surface area contributed by atoms with Crippen LogP contribution in [0.1, 0.15) is 24.2 Å². The Kier molecular flexibility index (Phi) is 3.83. The van der Waals surface area contributed by atoms with Crippen molar-refractivity contribution in [1.82, 2.24) is 10.3 Å². The number of pyridine rings is 1. The van der Waals surface area contributed by atoms with E-state index in [1.54, 1.807) is 29.3 Å². The molecule has 3 N–H and O–H groups in total. The highest BCUT2D eigenvalue weighted by Gasteiger charge is 2.56. The Balaban J connectivity index is 1.78. The van der Waals surface area contributed by atoms with Gasteiger partial charge in [-0.3, -0.25) is 4.79 Å². The molecule has 0 spiro atoms. The van der Waals surface area contributed by atoms with Crippen molar-refractivity contribution >= 4 is 28.6 Å². The van der Waals surface area contributed by atoms with Crippen LogP contribution in [0.15, 0.2) is 24.4 Å². The number of halogens is 1. The highest BCUT2D eigenvalue weighted by atomic mass is 19.2. The highest BCUT2D eigenvalue weighted by molar-refractivity contribution is 6.03. The topological polar surface area (TPSA) is 107 Å². The molecule has 2 saturated heterocycles. The number of hydrogen-bond acceptors (Lipinski definition) is 6. The molecule has 1 aromatic carbocycles. The highest BCUT2D eigenvalue weighted by Crippen LogP contribution is 2.38. The van der Waals surface area contributed by atoms with Gasteiger partial charge in [0.1, 0.15) is 17.6 Å². The minimum Gasteiger partial charge on any atom is -0.490 e. The maximum absolute atomic E-state index is 14.8. The number of alkyl halides is 1. The number of primary amides is 1. The number of fused-ring (bicyclic) bond motifs is 2. The number of carbonyl (C=O) groups is 2. The number of carbonyl (C=O) groups excluding carboxylic acids is 2. The molecule has 142 valence electrons. The number of nitrogens with one attached hydrogen (secondary N) is 1. The SMILES string of the molecule is CC(C)Oc1cc2c(N3C[C@H]4NC(=O)O[C@@]4(F)C3)nccc2cc1C(N)=O. The lowest BCUT2D eigenvalue weighted by atomic mass is 10.1. The number of amides is 2. The molecule has 0 unspecified atom stereocenters. The number of ether oxygens (including phenoxy) is 2. The van der Waals surface area contributed by atoms with Gasteiger partial charge in [-0.1, -0.05) is 0 Å². The summed E-state index contributed by atoms with van der Waals surface area (Å²) in [5.74, 6) is -1.83. The Hall–Kier alpha value is -3.10. The minimum atomic E-state index is -2.09. The molecule has 9 heteroatoms. The van der Waals surface area contributed by atoms with E-state index in [4.69, 9.17) is 15.2 Å². The largest absolute Gasteiger partial charge is 0.490 e. The fraction of sp³-hybridized carbons (Fsp3) is 0.389. The van der Waals surface area contributed by atoms with E-state index in [1.807, 2.05) is 13.8 Å². The molecule has 2 aliphatic heterocycles. The first-order chi connectivity index (χ1) is 12.8. The summed E-state index contributed by atoms with van der Waals surface area (Å²) in [6.45, 7) is 3.76. The third-order valence-electron chi connectivity index (χ3n) is 4.66. The van der Waals surface area contributed by atoms with E-state index in [2.05, 4.69) is 10.3 Å². The second kappa shape index (κ2) is 5.97. The summed E-state index contributed by atoms with van der Waals surface area (Å²) in [5.41, 5.74) is 5.75. The summed E-state index contributed by atoms with van der Waals surface area (Å²) in [6.07, 6.45) is 0.653. The lowest BCUT2D eigenvalue weighted by molar-refractivity contribution is -0.0540. The fourth-order valence-corrected chi connectivity index (χ4v) is 3.52. The molecule has 2 aliphatic rings. The van der Waals surface area contributed by atoms with Crippen LogP contribution in [0.4, 0.5) is 15.0 Å². The molecule has 8 nitrogen and oxygen atoms in total. The third kappa shape index (κ3) is 2.88. The van der Waals surface area contributed by atoms with Gasteiger partial charge in [-0.2, -0.15) is 4.39 Å². The van der Waals surface area contributed by atoms with Crippen LogP contribution in [0.25, 0.3) is 10.8 Å². The van der Waals surface area contributed by atoms with Crippen molar-refractivity contribution in [2.45, 2.75) is 31.8 Å². The smallest absolute Gasteiger partial charge is 0.410 e. The molecule has 27 heavy (non-hydrogen) atoms. The molecular formula is C18H19FN4O4. The predicted octanol–water partition coefficient (Wildman–Crippen LogP) is 1.72. The molecule has 4 rings (SSSR count). The molecule has 0 aliphatic carbocycles. The maximum atomic E-state index is 14.8. The van der Waals surface area contributed by atoms with E-state index in [-0.39, 0.29) is 24.8 Å². The number of nitrogens with two attached hydrogens (primary N) is 1. The third-order valence-corrected chi connectivity index (χ3v) is 4.66. The Morgan fingerprint density at radius 1 is 1.52 bits per heavy atom. The van der Waals surface area contributed by atoms with Crippen LogP contribution in [0.5, 0.6) is 5.75 Å². The first-order valence-corrected chi connectivity index (χ1v) is 8.59. The molecule has 2 amide bonds. The van der Waals surface area contributed by atoms with Crippen LogP contribution in [-0.4, -0.2) is 48.1 Å². The second-order valence-corrected chi connectivity index (χ2v) is 6.99. The van der Waals surface area contributed by atoms with E-state index in [9.17, 15) is 14.0 Å². The van der Waals surface area contributed by atoms with Gasteiger partial charge in [0.15, 0.2) is 0 Å². The summed E-state index contributed by atoms with van der Waals surface area (Å²) in [7, 11) is 0. The summed E-state index contributed by atoms with van der Waals surface area (Å²) in [5, 5.41) is 3.88. The Morgan fingerprint density at radius 3 is 2.96 bits per heavy atom. The van der Waals surface area contributed by atoms with Crippen molar-refractivity contribution in [3.63, 3.8) is 0 Å². The zero-order valence-electron chi connectivity index (χ0n) is 14.9. The van der Waals surface area contributed by atoms with Gasteiger partial charge in [0, 0.05) is 18.1 Å². The summed E-state index contributed by atoms with van der Waals surface area (Å²) in [4.78, 5) is 29.2. The van der Waals surface area contributed by atoms with Gasteiger partial charge in [0.05, 0.1) is 18.2 Å². The molecule has 2 atom stereocenters. The van der Waals surface area contributed by atoms with E-state index >= 15 is 0 Å². The van der Waals surface area contributed by atoms with Gasteiger partial charge in [-0.05, 0) is 37.4 Å². The average molecular weight is 374 g/mol. The van der Waals surface area contributed by atoms with Crippen LogP contribution >= 0.6 is 0 Å². The van der Waals surface area contributed by atoms with Gasteiger partial charge in [-0.25, -0.2) is 9.78 Å². The van der Waals surface area contributed by atoms with Crippen LogP contribution in [-0.2, 0) is 4.74 Å². The molecule has 2 aromatic rings. The zero-order valence-corrected chi connectivity index (χ0v) is 14.9. The minimum absolute atomic E-state index is 0.138. The number of nitrogens with zero attached hydrogens (tertiary/aromatic N) is 2. The average Bonchev–Trinajstić information content (AvgIpc) is 3.02. The van der Waals surface area contributed by atoms with Crippen molar-refractivity contribution in [3.8, 4) is 5.75 Å². The molecule has 3 heterocycles. The van der Waals surface area contributed by atoms with Crippen molar-refractivity contribution < 1.29 is 23.5 Å². The Labute approximate surface area is 154 Å². The first-order valence-electron chi connectivity index (χ1n) is 8.59. The van der Waals surface area contributed by atoms with E-state index in [0.717, 1.165) is 5.39 Å². The molecule has 0 saturated carbocycles. The van der Waals surface area contributed by atoms with Gasteiger partial charge in [-0.15, -0.1) is 0 Å². The number of benzene rings is 1. The monoisotopic (exact) mass is 374 g/mol. The van der Waals surface area contributed by atoms with E-state index in [0.29, 0.717) is 17.0 Å². The molecular weight excluding hydrogens is 355 g/mol. The van der Waals surface area contributed by atoms with Crippen molar-refractivity contribution in [2.24, 2.45) is 5.73 Å². The van der Waals surface area contributed by atoms with E-state index < -0.39 is 23.9 Å². The Bertz CT molecular complexity index is 950. The van der Waals surface area contributed by atoms with Gasteiger partial charge in [0.25, 0.3) is 11.8 Å².